The molecule has 0 saturated carbocycles. The number of hydrogen-bond acceptors (Lipinski definition) is 5. The van der Waals surface area contributed by atoms with Crippen LogP contribution in [0.1, 0.15) is 35.6 Å². The van der Waals surface area contributed by atoms with Gasteiger partial charge in [0, 0.05) is 26.1 Å². The molecular formula is C14H20N2O4. The van der Waals surface area contributed by atoms with Crippen LogP contribution in [0.3, 0.4) is 0 Å². The lowest BCUT2D eigenvalue weighted by Crippen LogP contribution is -2.30. The fraction of sp³-hybridized carbons (Fsp3) is 0.571. The van der Waals surface area contributed by atoms with E-state index in [1.165, 1.54) is 7.11 Å². The van der Waals surface area contributed by atoms with Crippen LogP contribution in [-0.4, -0.2) is 43.5 Å². The number of methoxy groups -OCH3 is 1. The molecule has 0 aliphatic carbocycles. The van der Waals surface area contributed by atoms with E-state index in [2.05, 4.69) is 10.1 Å². The second kappa shape index (κ2) is 7.09. The van der Waals surface area contributed by atoms with Gasteiger partial charge in [0.1, 0.15) is 5.76 Å². The summed E-state index contributed by atoms with van der Waals surface area (Å²) in [6, 6.07) is 3.31. The van der Waals surface area contributed by atoms with Crippen molar-refractivity contribution in [3.05, 3.63) is 23.7 Å². The van der Waals surface area contributed by atoms with E-state index in [1.807, 2.05) is 4.90 Å². The lowest BCUT2D eigenvalue weighted by atomic mass is 10.3. The molecule has 6 nitrogen and oxygen atoms in total. The average Bonchev–Trinajstić information content (AvgIpc) is 3.13. The summed E-state index contributed by atoms with van der Waals surface area (Å²) in [7, 11) is 1.31. The van der Waals surface area contributed by atoms with Crippen LogP contribution in [-0.2, 0) is 16.1 Å². The van der Waals surface area contributed by atoms with Gasteiger partial charge in [-0.1, -0.05) is 0 Å². The molecule has 1 aromatic heterocycles. The third-order valence-electron chi connectivity index (χ3n) is 3.32. The van der Waals surface area contributed by atoms with Crippen LogP contribution in [0.5, 0.6) is 0 Å². The first-order chi connectivity index (χ1) is 9.70. The molecule has 6 heteroatoms. The zero-order valence-corrected chi connectivity index (χ0v) is 11.7. The maximum absolute atomic E-state index is 11.8. The van der Waals surface area contributed by atoms with E-state index in [0.29, 0.717) is 25.3 Å². The maximum Gasteiger partial charge on any atom is 0.373 e. The Morgan fingerprint density at radius 1 is 1.35 bits per heavy atom. The van der Waals surface area contributed by atoms with E-state index in [4.69, 9.17) is 4.42 Å². The lowest BCUT2D eigenvalue weighted by molar-refractivity contribution is -0.130. The second-order valence-corrected chi connectivity index (χ2v) is 4.77. The number of likely N-dealkylation sites (tertiary alicyclic amines) is 1. The van der Waals surface area contributed by atoms with Crippen molar-refractivity contribution in [2.24, 2.45) is 0 Å². The standard InChI is InChI=1S/C14H20N2O4/c1-19-14(18)12-5-4-11(20-12)10-15-7-6-13(17)16-8-2-3-9-16/h4-5,15H,2-3,6-10H2,1H3. The fourth-order valence-corrected chi connectivity index (χ4v) is 2.21. The summed E-state index contributed by atoms with van der Waals surface area (Å²) >= 11 is 0. The number of carbonyl (C=O) groups is 2. The lowest BCUT2D eigenvalue weighted by Gasteiger charge is -2.14. The van der Waals surface area contributed by atoms with Crippen molar-refractivity contribution >= 4 is 11.9 Å². The molecule has 0 aromatic carbocycles. The normalized spacial score (nSPS) is 14.6. The Morgan fingerprint density at radius 2 is 2.10 bits per heavy atom. The number of nitrogens with one attached hydrogen (secondary N) is 1. The number of rotatable bonds is 6. The van der Waals surface area contributed by atoms with Gasteiger partial charge in [0.15, 0.2) is 0 Å². The summed E-state index contributed by atoms with van der Waals surface area (Å²) in [5, 5.41) is 3.13. The van der Waals surface area contributed by atoms with Crippen LogP contribution >= 0.6 is 0 Å². The van der Waals surface area contributed by atoms with Crippen LogP contribution in [0.4, 0.5) is 0 Å². The fourth-order valence-electron chi connectivity index (χ4n) is 2.21. The predicted octanol–water partition coefficient (Wildman–Crippen LogP) is 1.17. The quantitative estimate of drug-likeness (QED) is 0.625. The number of ether oxygens (including phenoxy) is 1. The van der Waals surface area contributed by atoms with Crippen LogP contribution in [0.25, 0.3) is 0 Å². The summed E-state index contributed by atoms with van der Waals surface area (Å²) in [5.74, 6) is 0.557. The van der Waals surface area contributed by atoms with Gasteiger partial charge in [-0.2, -0.15) is 0 Å². The molecule has 20 heavy (non-hydrogen) atoms. The van der Waals surface area contributed by atoms with Crippen molar-refractivity contribution in [3.63, 3.8) is 0 Å². The Bertz CT molecular complexity index is 463. The highest BCUT2D eigenvalue weighted by atomic mass is 16.5. The predicted molar refractivity (Wildman–Crippen MR) is 72.2 cm³/mol. The van der Waals surface area contributed by atoms with Gasteiger partial charge in [0.25, 0.3) is 0 Å². The minimum atomic E-state index is -0.486. The van der Waals surface area contributed by atoms with Gasteiger partial charge in [-0.05, 0) is 25.0 Å². The Labute approximate surface area is 118 Å². The summed E-state index contributed by atoms with van der Waals surface area (Å²) < 4.78 is 9.87. The minimum Gasteiger partial charge on any atom is -0.463 e. The van der Waals surface area contributed by atoms with Gasteiger partial charge in [0.05, 0.1) is 13.7 Å². The van der Waals surface area contributed by atoms with Crippen LogP contribution < -0.4 is 5.32 Å². The Kier molecular flexibility index (Phi) is 5.17. The maximum atomic E-state index is 11.8. The van der Waals surface area contributed by atoms with E-state index < -0.39 is 5.97 Å². The number of carbonyl (C=O) groups excluding carboxylic acids is 2. The highest BCUT2D eigenvalue weighted by Crippen LogP contribution is 2.10. The molecule has 1 aliphatic heterocycles. The van der Waals surface area contributed by atoms with Crippen LogP contribution in [0.15, 0.2) is 16.5 Å². The van der Waals surface area contributed by atoms with Crippen molar-refractivity contribution in [1.29, 1.82) is 0 Å². The molecular weight excluding hydrogens is 260 g/mol. The third-order valence-corrected chi connectivity index (χ3v) is 3.32. The molecule has 0 radical (unpaired) electrons. The molecule has 110 valence electrons. The molecule has 1 aliphatic rings. The highest BCUT2D eigenvalue weighted by Gasteiger charge is 2.17. The molecule has 1 N–H and O–H groups in total. The first-order valence-electron chi connectivity index (χ1n) is 6.86. The second-order valence-electron chi connectivity index (χ2n) is 4.77. The topological polar surface area (TPSA) is 71.8 Å². The summed E-state index contributed by atoms with van der Waals surface area (Å²) in [6.45, 7) is 2.87. The van der Waals surface area contributed by atoms with Crippen LogP contribution in [0, 0.1) is 0 Å². The molecule has 0 unspecified atom stereocenters. The van der Waals surface area contributed by atoms with E-state index in [-0.39, 0.29) is 11.7 Å². The SMILES string of the molecule is COC(=O)c1ccc(CNCCC(=O)N2CCCC2)o1. The van der Waals surface area contributed by atoms with Gasteiger partial charge < -0.3 is 19.4 Å². The first kappa shape index (κ1) is 14.6. The molecule has 0 atom stereocenters. The van der Waals surface area contributed by atoms with Crippen molar-refractivity contribution in [3.8, 4) is 0 Å². The van der Waals surface area contributed by atoms with Crippen molar-refractivity contribution in [2.45, 2.75) is 25.8 Å². The number of esters is 1. The van der Waals surface area contributed by atoms with Gasteiger partial charge in [0.2, 0.25) is 11.7 Å². The summed E-state index contributed by atoms with van der Waals surface area (Å²) in [5.41, 5.74) is 0. The zero-order valence-electron chi connectivity index (χ0n) is 11.7. The van der Waals surface area contributed by atoms with Crippen molar-refractivity contribution in [1.82, 2.24) is 10.2 Å². The van der Waals surface area contributed by atoms with Gasteiger partial charge in [-0.15, -0.1) is 0 Å². The van der Waals surface area contributed by atoms with E-state index in [1.54, 1.807) is 12.1 Å². The molecule has 2 heterocycles. The van der Waals surface area contributed by atoms with Crippen LogP contribution in [0.2, 0.25) is 0 Å². The molecule has 1 aromatic rings. The molecule has 1 saturated heterocycles. The van der Waals surface area contributed by atoms with Gasteiger partial charge >= 0.3 is 5.97 Å². The highest BCUT2D eigenvalue weighted by molar-refractivity contribution is 5.86. The largest absolute Gasteiger partial charge is 0.463 e. The van der Waals surface area contributed by atoms with Gasteiger partial charge in [-0.25, -0.2) is 4.79 Å². The Balaban J connectivity index is 1.66. The number of hydrogen-bond donors (Lipinski definition) is 1. The molecule has 1 fully saturated rings. The van der Waals surface area contributed by atoms with Crippen molar-refractivity contribution in [2.75, 3.05) is 26.7 Å². The monoisotopic (exact) mass is 280 g/mol. The smallest absolute Gasteiger partial charge is 0.373 e. The number of nitrogens with zero attached hydrogens (tertiary/aromatic N) is 1. The van der Waals surface area contributed by atoms with Crippen molar-refractivity contribution < 1.29 is 18.7 Å². The molecule has 0 spiro atoms. The number of furan rings is 1. The zero-order chi connectivity index (χ0) is 14.4. The first-order valence-corrected chi connectivity index (χ1v) is 6.86. The summed E-state index contributed by atoms with van der Waals surface area (Å²) in [4.78, 5) is 24.9. The Hall–Kier alpha value is -1.82. The summed E-state index contributed by atoms with van der Waals surface area (Å²) in [6.07, 6.45) is 2.72. The third kappa shape index (κ3) is 3.84. The number of amides is 1. The van der Waals surface area contributed by atoms with Gasteiger partial charge in [-0.3, -0.25) is 4.79 Å². The Morgan fingerprint density at radius 3 is 2.80 bits per heavy atom. The van der Waals surface area contributed by atoms with E-state index >= 15 is 0 Å². The van der Waals surface area contributed by atoms with E-state index in [9.17, 15) is 9.59 Å². The average molecular weight is 280 g/mol. The van der Waals surface area contributed by atoms with E-state index in [0.717, 1.165) is 25.9 Å². The minimum absolute atomic E-state index is 0.192. The molecule has 1 amide bonds. The molecule has 2 rings (SSSR count). The molecule has 0 bridgehead atoms.